The SMILES string of the molecule is CC(C)(C)P(NS(=O)C(C)(C)C)C(C)(C)C. The molecule has 0 rings (SSSR count). The van der Waals surface area contributed by atoms with Gasteiger partial charge in [-0.1, -0.05) is 41.5 Å². The van der Waals surface area contributed by atoms with Crippen molar-refractivity contribution in [3.05, 3.63) is 0 Å². The summed E-state index contributed by atoms with van der Waals surface area (Å²) < 4.78 is 15.4. The van der Waals surface area contributed by atoms with Gasteiger partial charge in [-0.15, -0.1) is 0 Å². The summed E-state index contributed by atoms with van der Waals surface area (Å²) in [6.45, 7) is 19.3. The van der Waals surface area contributed by atoms with Gasteiger partial charge in [0.15, 0.2) is 0 Å². The zero-order valence-electron chi connectivity index (χ0n) is 12.3. The summed E-state index contributed by atoms with van der Waals surface area (Å²) in [5, 5.41) is 0.322. The summed E-state index contributed by atoms with van der Waals surface area (Å²) in [6, 6.07) is 0. The molecule has 16 heavy (non-hydrogen) atoms. The van der Waals surface area contributed by atoms with Crippen LogP contribution < -0.4 is 4.49 Å². The van der Waals surface area contributed by atoms with E-state index in [4.69, 9.17) is 0 Å². The van der Waals surface area contributed by atoms with Gasteiger partial charge in [0.05, 0.1) is 4.75 Å². The first-order chi connectivity index (χ1) is 6.76. The van der Waals surface area contributed by atoms with Crippen molar-refractivity contribution in [1.29, 1.82) is 0 Å². The van der Waals surface area contributed by atoms with Gasteiger partial charge in [0.1, 0.15) is 11.0 Å². The van der Waals surface area contributed by atoms with Crippen LogP contribution in [-0.4, -0.2) is 19.3 Å². The van der Waals surface area contributed by atoms with Gasteiger partial charge < -0.3 is 0 Å². The first kappa shape index (κ1) is 16.5. The molecule has 0 radical (unpaired) electrons. The van der Waals surface area contributed by atoms with Gasteiger partial charge >= 0.3 is 0 Å². The maximum atomic E-state index is 12.2. The van der Waals surface area contributed by atoms with E-state index in [9.17, 15) is 4.21 Å². The fourth-order valence-electron chi connectivity index (χ4n) is 1.50. The molecule has 4 heteroatoms. The van der Waals surface area contributed by atoms with Crippen molar-refractivity contribution >= 4 is 19.1 Å². The lowest BCUT2D eigenvalue weighted by Gasteiger charge is -2.42. The van der Waals surface area contributed by atoms with E-state index >= 15 is 0 Å². The Kier molecular flexibility index (Phi) is 5.21. The molecule has 0 aliphatic carbocycles. The van der Waals surface area contributed by atoms with E-state index in [1.54, 1.807) is 0 Å². The summed E-state index contributed by atoms with van der Waals surface area (Å²) in [4.78, 5) is 0. The van der Waals surface area contributed by atoms with E-state index in [1.165, 1.54) is 0 Å². The minimum atomic E-state index is -0.982. The fraction of sp³-hybridized carbons (Fsp3) is 1.00. The Bertz CT molecular complexity index is 244. The lowest BCUT2D eigenvalue weighted by molar-refractivity contribution is 0.642. The standard InChI is InChI=1S/C12H28NOPS/c1-10(2,3)15(11(4,5)6)13-16(14)12(7,8)9/h13H,1-9H3. The van der Waals surface area contributed by atoms with Crippen LogP contribution in [-0.2, 0) is 11.0 Å². The lowest BCUT2D eigenvalue weighted by atomic mass is 10.2. The normalized spacial score (nSPS) is 16.6. The van der Waals surface area contributed by atoms with Gasteiger partial charge in [0, 0.05) is 0 Å². The zero-order chi connectivity index (χ0) is 13.4. The molecular formula is C12H28NOPS. The monoisotopic (exact) mass is 265 g/mol. The van der Waals surface area contributed by atoms with Gasteiger partial charge in [-0.05, 0) is 39.2 Å². The van der Waals surface area contributed by atoms with E-state index in [0.29, 0.717) is 0 Å². The summed E-state index contributed by atoms with van der Waals surface area (Å²) in [5.41, 5.74) is 0. The van der Waals surface area contributed by atoms with Crippen molar-refractivity contribution < 1.29 is 4.21 Å². The Morgan fingerprint density at radius 3 is 1.31 bits per heavy atom. The van der Waals surface area contributed by atoms with E-state index in [-0.39, 0.29) is 15.1 Å². The van der Waals surface area contributed by atoms with Crippen LogP contribution in [0.2, 0.25) is 0 Å². The van der Waals surface area contributed by atoms with Gasteiger partial charge in [0.2, 0.25) is 0 Å². The van der Waals surface area contributed by atoms with Gasteiger partial charge in [-0.3, -0.25) is 0 Å². The molecular weight excluding hydrogens is 237 g/mol. The smallest absolute Gasteiger partial charge is 0.101 e. The number of hydrogen-bond donors (Lipinski definition) is 1. The molecule has 0 fully saturated rings. The number of rotatable bonds is 2. The molecule has 0 aromatic carbocycles. The fourth-order valence-corrected chi connectivity index (χ4v) is 7.46. The van der Waals surface area contributed by atoms with Crippen LogP contribution in [0.3, 0.4) is 0 Å². The van der Waals surface area contributed by atoms with Crippen molar-refractivity contribution in [3.8, 4) is 0 Å². The molecule has 0 aromatic rings. The van der Waals surface area contributed by atoms with Crippen LogP contribution in [0, 0.1) is 0 Å². The molecule has 1 N–H and O–H groups in total. The molecule has 98 valence electrons. The highest BCUT2D eigenvalue weighted by Crippen LogP contribution is 2.56. The highest BCUT2D eigenvalue weighted by atomic mass is 32.2. The van der Waals surface area contributed by atoms with Crippen molar-refractivity contribution in [2.75, 3.05) is 0 Å². The molecule has 1 unspecified atom stereocenters. The Hall–Kier alpha value is 0.540. The van der Waals surface area contributed by atoms with Crippen molar-refractivity contribution in [2.24, 2.45) is 0 Å². The minimum Gasteiger partial charge on any atom is -0.242 e. The summed E-state index contributed by atoms with van der Waals surface area (Å²) in [6.07, 6.45) is 0. The van der Waals surface area contributed by atoms with Crippen molar-refractivity contribution in [1.82, 2.24) is 4.49 Å². The van der Waals surface area contributed by atoms with Crippen LogP contribution >= 0.6 is 8.07 Å². The number of hydrogen-bond acceptors (Lipinski definition) is 1. The molecule has 0 heterocycles. The maximum Gasteiger partial charge on any atom is 0.101 e. The highest BCUT2D eigenvalue weighted by Gasteiger charge is 2.37. The molecule has 0 spiro atoms. The van der Waals surface area contributed by atoms with Gasteiger partial charge in [-0.2, -0.15) is 0 Å². The Labute approximate surface area is 105 Å². The Morgan fingerprint density at radius 1 is 0.812 bits per heavy atom. The molecule has 0 amide bonds. The highest BCUT2D eigenvalue weighted by molar-refractivity contribution is 7.91. The summed E-state index contributed by atoms with van der Waals surface area (Å²) in [5.74, 6) is 0. The zero-order valence-corrected chi connectivity index (χ0v) is 14.0. The third-order valence-corrected chi connectivity index (χ3v) is 7.26. The first-order valence-corrected chi connectivity index (χ1v) is 8.24. The minimum absolute atomic E-state index is 0.161. The average molecular weight is 265 g/mol. The molecule has 0 aromatic heterocycles. The molecule has 0 saturated heterocycles. The Balaban J connectivity index is 4.93. The molecule has 1 atom stereocenters. The predicted molar refractivity (Wildman–Crippen MR) is 77.5 cm³/mol. The Morgan fingerprint density at radius 2 is 1.12 bits per heavy atom. The van der Waals surface area contributed by atoms with Crippen molar-refractivity contribution in [2.45, 2.75) is 77.4 Å². The van der Waals surface area contributed by atoms with E-state index in [0.717, 1.165) is 0 Å². The van der Waals surface area contributed by atoms with Crippen molar-refractivity contribution in [3.63, 3.8) is 0 Å². The van der Waals surface area contributed by atoms with Crippen LogP contribution in [0.4, 0.5) is 0 Å². The lowest BCUT2D eigenvalue weighted by Crippen LogP contribution is -2.39. The van der Waals surface area contributed by atoms with Gasteiger partial charge in [-0.25, -0.2) is 8.70 Å². The summed E-state index contributed by atoms with van der Waals surface area (Å²) in [7, 11) is -1.48. The predicted octanol–water partition coefficient (Wildman–Crippen LogP) is 4.03. The largest absolute Gasteiger partial charge is 0.242 e. The van der Waals surface area contributed by atoms with Crippen LogP contribution in [0.25, 0.3) is 0 Å². The second kappa shape index (κ2) is 5.04. The van der Waals surface area contributed by atoms with E-state index < -0.39 is 19.1 Å². The third kappa shape index (κ3) is 5.25. The molecule has 2 nitrogen and oxygen atoms in total. The average Bonchev–Trinajstić information content (AvgIpc) is 1.92. The maximum absolute atomic E-state index is 12.2. The molecule has 0 aliphatic rings. The molecule has 0 saturated carbocycles. The molecule has 0 aliphatic heterocycles. The quantitative estimate of drug-likeness (QED) is 0.750. The van der Waals surface area contributed by atoms with E-state index in [1.807, 2.05) is 20.8 Å². The first-order valence-electron chi connectivity index (χ1n) is 5.75. The van der Waals surface area contributed by atoms with Crippen LogP contribution in [0.5, 0.6) is 0 Å². The number of nitrogens with one attached hydrogen (secondary N) is 1. The second-order valence-electron chi connectivity index (χ2n) is 7.15. The van der Waals surface area contributed by atoms with Gasteiger partial charge in [0.25, 0.3) is 0 Å². The summed E-state index contributed by atoms with van der Waals surface area (Å²) >= 11 is 0. The topological polar surface area (TPSA) is 29.1 Å². The third-order valence-electron chi connectivity index (χ3n) is 2.07. The molecule has 0 bridgehead atoms. The second-order valence-corrected chi connectivity index (χ2v) is 13.0. The van der Waals surface area contributed by atoms with E-state index in [2.05, 4.69) is 46.0 Å². The van der Waals surface area contributed by atoms with Crippen LogP contribution in [0.15, 0.2) is 0 Å². The van der Waals surface area contributed by atoms with Crippen LogP contribution in [0.1, 0.15) is 62.3 Å².